The van der Waals surface area contributed by atoms with Gasteiger partial charge < -0.3 is 5.32 Å². The molecule has 2 aromatic rings. The van der Waals surface area contributed by atoms with Crippen LogP contribution < -0.4 is 5.32 Å². The maximum atomic E-state index is 12.8. The topological polar surface area (TPSA) is 12.0 Å². The fraction of sp³-hybridized carbons (Fsp3) is 0.333. The maximum Gasteiger partial charge on any atom is 0.115 e. The van der Waals surface area contributed by atoms with Crippen LogP contribution in [0.1, 0.15) is 29.5 Å². The molecule has 1 heterocycles. The van der Waals surface area contributed by atoms with Crippen LogP contribution in [0.5, 0.6) is 0 Å². The number of hydrogen-bond donors (Lipinski definition) is 1. The van der Waals surface area contributed by atoms with Gasteiger partial charge in [0.25, 0.3) is 0 Å². The normalized spacial score (nSPS) is 18.4. The first-order chi connectivity index (χ1) is 9.78. The third kappa shape index (κ3) is 2.61. The van der Waals surface area contributed by atoms with Crippen molar-refractivity contribution in [3.8, 4) is 11.1 Å². The largest absolute Gasteiger partial charge is 0.316 e. The molecule has 3 rings (SSSR count). The second-order valence-electron chi connectivity index (χ2n) is 5.60. The van der Waals surface area contributed by atoms with Crippen molar-refractivity contribution in [3.63, 3.8) is 0 Å². The van der Waals surface area contributed by atoms with Crippen molar-refractivity contribution in [2.75, 3.05) is 13.1 Å². The molecule has 0 saturated heterocycles. The molecule has 0 aliphatic carbocycles. The van der Waals surface area contributed by atoms with E-state index >= 15 is 0 Å². The van der Waals surface area contributed by atoms with Crippen molar-refractivity contribution < 1.29 is 4.39 Å². The molecular weight excluding hydrogens is 249 g/mol. The first kappa shape index (κ1) is 13.3. The second-order valence-corrected chi connectivity index (χ2v) is 5.60. The van der Waals surface area contributed by atoms with Gasteiger partial charge in [-0.15, -0.1) is 0 Å². The molecule has 0 amide bonds. The highest BCUT2D eigenvalue weighted by Gasteiger charge is 2.14. The first-order valence-electron chi connectivity index (χ1n) is 7.27. The van der Waals surface area contributed by atoms with Crippen molar-refractivity contribution in [2.24, 2.45) is 0 Å². The Balaban J connectivity index is 2.01. The van der Waals surface area contributed by atoms with Crippen LogP contribution in [0.2, 0.25) is 0 Å². The minimum absolute atomic E-state index is 0.403. The van der Waals surface area contributed by atoms with Gasteiger partial charge in [0.05, 0.1) is 0 Å². The Bertz CT molecular complexity index is 606. The van der Waals surface area contributed by atoms with E-state index in [-0.39, 0.29) is 0 Å². The van der Waals surface area contributed by atoms with Crippen LogP contribution in [0.3, 0.4) is 0 Å². The summed E-state index contributed by atoms with van der Waals surface area (Å²) in [5, 5.41) is 3.47. The van der Waals surface area contributed by atoms with E-state index in [1.807, 2.05) is 18.2 Å². The molecule has 0 fully saturated rings. The summed E-state index contributed by atoms with van der Waals surface area (Å²) in [6.07, 6.45) is 1.07. The van der Waals surface area contributed by atoms with Crippen LogP contribution in [-0.2, 0) is 13.1 Å². The molecule has 1 unspecified atom stereocenters. The molecule has 1 N–H and O–H groups in total. The third-order valence-electron chi connectivity index (χ3n) is 4.11. The Hall–Kier alpha value is -1.67. The summed E-state index contributed by atoms with van der Waals surface area (Å²) in [6, 6.07) is 14.4. The minimum Gasteiger partial charge on any atom is -0.316 e. The molecule has 1 nitrogen and oxygen atoms in total. The summed E-state index contributed by atoms with van der Waals surface area (Å²) in [4.78, 5) is 0. The van der Waals surface area contributed by atoms with E-state index in [2.05, 4.69) is 36.5 Å². The van der Waals surface area contributed by atoms with E-state index in [1.165, 1.54) is 16.7 Å². The van der Waals surface area contributed by atoms with Crippen LogP contribution in [0, 0.1) is 0 Å². The molecule has 0 bridgehead atoms. The number of rotatable bonds is 2. The summed E-state index contributed by atoms with van der Waals surface area (Å²) < 4.78 is 12.8. The van der Waals surface area contributed by atoms with Crippen LogP contribution in [0.4, 0.5) is 4.39 Å². The molecule has 2 heteroatoms. The van der Waals surface area contributed by atoms with Crippen LogP contribution >= 0.6 is 0 Å². The molecule has 0 radical (unpaired) electrons. The molecule has 0 aromatic heterocycles. The van der Waals surface area contributed by atoms with Gasteiger partial charge >= 0.3 is 0 Å². The van der Waals surface area contributed by atoms with Crippen LogP contribution in [-0.4, -0.2) is 13.1 Å². The number of fused-ring (bicyclic) bond motifs is 1. The second kappa shape index (κ2) is 5.76. The summed E-state index contributed by atoms with van der Waals surface area (Å²) in [5.41, 5.74) is 5.90. The molecule has 2 aromatic carbocycles. The predicted octanol–water partition coefficient (Wildman–Crippen LogP) is 4.07. The zero-order valence-corrected chi connectivity index (χ0v) is 11.8. The fourth-order valence-corrected chi connectivity index (χ4v) is 2.97. The lowest BCUT2D eigenvalue weighted by Gasteiger charge is -2.14. The zero-order chi connectivity index (χ0) is 13.9. The van der Waals surface area contributed by atoms with Crippen molar-refractivity contribution in [1.29, 1.82) is 0 Å². The molecule has 1 aliphatic rings. The maximum absolute atomic E-state index is 12.8. The molecule has 1 aliphatic heterocycles. The van der Waals surface area contributed by atoms with E-state index in [4.69, 9.17) is 0 Å². The van der Waals surface area contributed by atoms with E-state index in [0.29, 0.717) is 5.92 Å². The number of halogens is 1. The van der Waals surface area contributed by atoms with Crippen molar-refractivity contribution in [2.45, 2.75) is 25.9 Å². The molecular formula is C18H20FN. The average molecular weight is 269 g/mol. The van der Waals surface area contributed by atoms with Gasteiger partial charge in [-0.3, -0.25) is 0 Å². The van der Waals surface area contributed by atoms with Crippen LogP contribution in [0.25, 0.3) is 11.1 Å². The van der Waals surface area contributed by atoms with Crippen molar-refractivity contribution in [3.05, 3.63) is 59.2 Å². The number of nitrogens with one attached hydrogen (secondary N) is 1. The lowest BCUT2D eigenvalue weighted by atomic mass is 9.91. The fourth-order valence-electron chi connectivity index (χ4n) is 2.97. The van der Waals surface area contributed by atoms with E-state index < -0.39 is 6.67 Å². The highest BCUT2D eigenvalue weighted by Crippen LogP contribution is 2.28. The lowest BCUT2D eigenvalue weighted by molar-refractivity contribution is 0.485. The average Bonchev–Trinajstić information content (AvgIpc) is 2.69. The predicted molar refractivity (Wildman–Crippen MR) is 81.7 cm³/mol. The smallest absolute Gasteiger partial charge is 0.115 e. The van der Waals surface area contributed by atoms with Gasteiger partial charge in [0.1, 0.15) is 6.67 Å². The van der Waals surface area contributed by atoms with E-state index in [1.54, 1.807) is 0 Å². The van der Waals surface area contributed by atoms with E-state index in [9.17, 15) is 4.39 Å². The number of hydrogen-bond acceptors (Lipinski definition) is 1. The zero-order valence-electron chi connectivity index (χ0n) is 11.8. The van der Waals surface area contributed by atoms with Crippen molar-refractivity contribution >= 4 is 0 Å². The summed E-state index contributed by atoms with van der Waals surface area (Å²) >= 11 is 0. The van der Waals surface area contributed by atoms with Crippen LogP contribution in [0.15, 0.2) is 42.5 Å². The van der Waals surface area contributed by atoms with E-state index in [0.717, 1.165) is 30.6 Å². The van der Waals surface area contributed by atoms with Crippen molar-refractivity contribution in [1.82, 2.24) is 5.32 Å². The summed E-state index contributed by atoms with van der Waals surface area (Å²) in [7, 11) is 0. The van der Waals surface area contributed by atoms with Gasteiger partial charge in [-0.2, -0.15) is 0 Å². The SMILES string of the molecule is CC1CNCCc2cc(-c3cccc(CF)c3)ccc21. The molecule has 104 valence electrons. The highest BCUT2D eigenvalue weighted by molar-refractivity contribution is 5.66. The summed E-state index contributed by atoms with van der Waals surface area (Å²) in [6.45, 7) is 3.94. The Morgan fingerprint density at radius 2 is 2.00 bits per heavy atom. The van der Waals surface area contributed by atoms with Gasteiger partial charge in [-0.25, -0.2) is 4.39 Å². The Morgan fingerprint density at radius 1 is 1.15 bits per heavy atom. The van der Waals surface area contributed by atoms with Gasteiger partial charge in [-0.1, -0.05) is 43.3 Å². The molecule has 1 atom stereocenters. The lowest BCUT2D eigenvalue weighted by Crippen LogP contribution is -2.18. The first-order valence-corrected chi connectivity index (χ1v) is 7.27. The monoisotopic (exact) mass is 269 g/mol. The Kier molecular flexibility index (Phi) is 3.83. The van der Waals surface area contributed by atoms with Gasteiger partial charge in [-0.05, 0) is 52.8 Å². The third-order valence-corrected chi connectivity index (χ3v) is 4.11. The standard InChI is InChI=1S/C18H20FN/c1-13-12-20-8-7-17-10-16(5-6-18(13)17)15-4-2-3-14(9-15)11-19/h2-6,9-10,13,20H,7-8,11-12H2,1H3. The van der Waals surface area contributed by atoms with Gasteiger partial charge in [0.15, 0.2) is 0 Å². The summed E-state index contributed by atoms with van der Waals surface area (Å²) in [5.74, 6) is 0.554. The molecule has 0 saturated carbocycles. The van der Waals surface area contributed by atoms with Gasteiger partial charge in [0, 0.05) is 6.54 Å². The minimum atomic E-state index is -0.403. The Morgan fingerprint density at radius 3 is 2.85 bits per heavy atom. The number of alkyl halides is 1. The molecule has 20 heavy (non-hydrogen) atoms. The highest BCUT2D eigenvalue weighted by atomic mass is 19.1. The quantitative estimate of drug-likeness (QED) is 0.866. The van der Waals surface area contributed by atoms with Gasteiger partial charge in [0.2, 0.25) is 0 Å². The molecule has 0 spiro atoms. The Labute approximate surface area is 119 Å². The number of benzene rings is 2.